The molecular formula is C20H18F4N6O2. The number of halogens is 4. The van der Waals surface area contributed by atoms with Gasteiger partial charge in [0.15, 0.2) is 11.5 Å². The van der Waals surface area contributed by atoms with E-state index >= 15 is 0 Å². The minimum atomic E-state index is -4.61. The molecule has 8 nitrogen and oxygen atoms in total. The summed E-state index contributed by atoms with van der Waals surface area (Å²) in [5.74, 6) is -1.19. The van der Waals surface area contributed by atoms with Crippen molar-refractivity contribution in [3.05, 3.63) is 60.2 Å². The highest BCUT2D eigenvalue weighted by Crippen LogP contribution is 2.27. The first-order chi connectivity index (χ1) is 15.2. The quantitative estimate of drug-likeness (QED) is 0.509. The molecule has 0 N–H and O–H groups in total. The predicted molar refractivity (Wildman–Crippen MR) is 104 cm³/mol. The molecule has 0 saturated carbocycles. The van der Waals surface area contributed by atoms with Crippen LogP contribution in [0, 0.1) is 5.82 Å². The van der Waals surface area contributed by atoms with Crippen LogP contribution in [0.15, 0.2) is 43.1 Å². The molecule has 0 aliphatic carbocycles. The minimum Gasteiger partial charge on any atom is -0.474 e. The summed E-state index contributed by atoms with van der Waals surface area (Å²) >= 11 is 0. The molecule has 3 aromatic rings. The average Bonchev–Trinajstić information content (AvgIpc) is 2.78. The fourth-order valence-corrected chi connectivity index (χ4v) is 2.85. The number of amides is 1. The van der Waals surface area contributed by atoms with E-state index in [9.17, 15) is 22.4 Å². The van der Waals surface area contributed by atoms with E-state index in [2.05, 4.69) is 24.9 Å². The molecule has 32 heavy (non-hydrogen) atoms. The van der Waals surface area contributed by atoms with Crippen LogP contribution in [0.3, 0.4) is 0 Å². The van der Waals surface area contributed by atoms with Crippen LogP contribution in [-0.4, -0.2) is 54.9 Å². The van der Waals surface area contributed by atoms with Crippen molar-refractivity contribution in [1.29, 1.82) is 0 Å². The van der Waals surface area contributed by atoms with Crippen molar-refractivity contribution < 1.29 is 27.1 Å². The topological polar surface area (TPSA) is 94.0 Å². The van der Waals surface area contributed by atoms with E-state index in [0.29, 0.717) is 6.20 Å². The largest absolute Gasteiger partial charge is 0.474 e. The van der Waals surface area contributed by atoms with E-state index in [1.54, 1.807) is 19.9 Å². The Labute approximate surface area is 180 Å². The van der Waals surface area contributed by atoms with Gasteiger partial charge in [0.25, 0.3) is 5.91 Å². The number of aromatic nitrogens is 5. The molecule has 0 aromatic carbocycles. The third kappa shape index (κ3) is 5.31. The maximum atomic E-state index is 13.9. The van der Waals surface area contributed by atoms with Crippen molar-refractivity contribution in [2.45, 2.75) is 26.1 Å². The van der Waals surface area contributed by atoms with E-state index in [1.807, 2.05) is 0 Å². The van der Waals surface area contributed by atoms with Crippen molar-refractivity contribution in [1.82, 2.24) is 29.8 Å². The lowest BCUT2D eigenvalue weighted by molar-refractivity contribution is -0.141. The Morgan fingerprint density at radius 2 is 1.81 bits per heavy atom. The number of likely N-dealkylation sites (N-methyl/N-ethyl adjacent to an activating group) is 1. The number of rotatable bonds is 7. The molecule has 3 aromatic heterocycles. The number of alkyl halides is 3. The Bertz CT molecular complexity index is 1060. The van der Waals surface area contributed by atoms with Crippen LogP contribution >= 0.6 is 0 Å². The summed E-state index contributed by atoms with van der Waals surface area (Å²) in [6, 6.07) is 2.11. The first-order valence-electron chi connectivity index (χ1n) is 9.46. The molecule has 0 aliphatic heterocycles. The van der Waals surface area contributed by atoms with Gasteiger partial charge in [0, 0.05) is 18.9 Å². The minimum absolute atomic E-state index is 0.0285. The molecule has 1 unspecified atom stereocenters. The van der Waals surface area contributed by atoms with E-state index in [0.717, 1.165) is 18.5 Å². The summed E-state index contributed by atoms with van der Waals surface area (Å²) in [6.45, 7) is 3.55. The zero-order valence-electron chi connectivity index (χ0n) is 17.0. The third-order valence-corrected chi connectivity index (χ3v) is 4.39. The molecule has 0 radical (unpaired) electrons. The molecule has 0 spiro atoms. The second-order valence-electron chi connectivity index (χ2n) is 6.61. The summed E-state index contributed by atoms with van der Waals surface area (Å²) < 4.78 is 57.0. The highest BCUT2D eigenvalue weighted by atomic mass is 19.4. The van der Waals surface area contributed by atoms with Crippen LogP contribution in [0.1, 0.15) is 29.9 Å². The van der Waals surface area contributed by atoms with Gasteiger partial charge >= 0.3 is 6.18 Å². The summed E-state index contributed by atoms with van der Waals surface area (Å²) in [5, 5.41) is 0. The molecule has 12 heteroatoms. The molecule has 0 fully saturated rings. The number of ether oxygens (including phenoxy) is 1. The number of nitrogens with zero attached hydrogens (tertiary/aromatic N) is 6. The van der Waals surface area contributed by atoms with Gasteiger partial charge in [-0.2, -0.15) is 13.2 Å². The second kappa shape index (κ2) is 9.62. The number of hydrogen-bond donors (Lipinski definition) is 0. The lowest BCUT2D eigenvalue weighted by Gasteiger charge is -2.28. The van der Waals surface area contributed by atoms with Gasteiger partial charge in [0.05, 0.1) is 30.2 Å². The first kappa shape index (κ1) is 23.0. The Morgan fingerprint density at radius 3 is 2.41 bits per heavy atom. The normalized spacial score (nSPS) is 12.3. The van der Waals surface area contributed by atoms with Crippen molar-refractivity contribution in [3.63, 3.8) is 0 Å². The van der Waals surface area contributed by atoms with Crippen LogP contribution in [0.25, 0.3) is 11.5 Å². The van der Waals surface area contributed by atoms with Crippen molar-refractivity contribution in [2.24, 2.45) is 0 Å². The highest BCUT2D eigenvalue weighted by molar-refractivity contribution is 5.99. The maximum Gasteiger partial charge on any atom is 0.434 e. The Hall–Kier alpha value is -3.70. The van der Waals surface area contributed by atoms with E-state index in [4.69, 9.17) is 4.74 Å². The van der Waals surface area contributed by atoms with Crippen molar-refractivity contribution in [2.75, 3.05) is 13.2 Å². The number of pyridine rings is 1. The fourth-order valence-electron chi connectivity index (χ4n) is 2.85. The summed E-state index contributed by atoms with van der Waals surface area (Å²) in [4.78, 5) is 33.6. The van der Waals surface area contributed by atoms with Gasteiger partial charge in [0.2, 0.25) is 5.88 Å². The van der Waals surface area contributed by atoms with Crippen molar-refractivity contribution >= 4 is 5.91 Å². The standard InChI is InChI=1S/C20H18F4N6O2/c1-3-30(12(2)11-32-16-10-27-15(9-28-16)20(22,23)24)19(31)14-7-13(21)8-29-17(14)18-25-5-4-6-26-18/h4-10,12H,3,11H2,1-2H3. The zero-order valence-corrected chi connectivity index (χ0v) is 17.0. The molecule has 1 atom stereocenters. The predicted octanol–water partition coefficient (Wildman–Crippen LogP) is 3.42. The number of carbonyl (C=O) groups excluding carboxylic acids is 1. The number of hydrogen-bond acceptors (Lipinski definition) is 7. The van der Waals surface area contributed by atoms with E-state index in [1.165, 1.54) is 17.3 Å². The van der Waals surface area contributed by atoms with Gasteiger partial charge in [-0.25, -0.2) is 29.3 Å². The molecule has 168 valence electrons. The zero-order chi connectivity index (χ0) is 23.3. The summed E-state index contributed by atoms with van der Waals surface area (Å²) in [6.07, 6.45) is 0.724. The van der Waals surface area contributed by atoms with E-state index < -0.39 is 29.6 Å². The number of carbonyl (C=O) groups is 1. The van der Waals surface area contributed by atoms with Gasteiger partial charge in [-0.1, -0.05) is 0 Å². The highest BCUT2D eigenvalue weighted by Gasteiger charge is 2.33. The van der Waals surface area contributed by atoms with Gasteiger partial charge in [-0.05, 0) is 26.0 Å². The van der Waals surface area contributed by atoms with E-state index in [-0.39, 0.29) is 36.1 Å². The van der Waals surface area contributed by atoms with Crippen LogP contribution in [0.4, 0.5) is 17.6 Å². The smallest absolute Gasteiger partial charge is 0.434 e. The molecule has 3 rings (SSSR count). The molecule has 0 saturated heterocycles. The maximum absolute atomic E-state index is 13.9. The van der Waals surface area contributed by atoms with Crippen LogP contribution in [0.2, 0.25) is 0 Å². The Kier molecular flexibility index (Phi) is 6.91. The monoisotopic (exact) mass is 450 g/mol. The molecular weight excluding hydrogens is 432 g/mol. The molecule has 1 amide bonds. The Balaban J connectivity index is 1.77. The second-order valence-corrected chi connectivity index (χ2v) is 6.61. The van der Waals surface area contributed by atoms with Gasteiger partial charge in [-0.15, -0.1) is 0 Å². The fraction of sp³-hybridized carbons (Fsp3) is 0.300. The van der Waals surface area contributed by atoms with Gasteiger partial charge in [-0.3, -0.25) is 4.79 Å². The molecule has 3 heterocycles. The SMILES string of the molecule is CCN(C(=O)c1cc(F)cnc1-c1ncccn1)C(C)COc1cnc(C(F)(F)F)cn1. The lowest BCUT2D eigenvalue weighted by Crippen LogP contribution is -2.42. The molecule has 0 bridgehead atoms. The molecule has 0 aliphatic rings. The first-order valence-corrected chi connectivity index (χ1v) is 9.46. The lowest BCUT2D eigenvalue weighted by atomic mass is 10.1. The third-order valence-electron chi connectivity index (χ3n) is 4.39. The Morgan fingerprint density at radius 1 is 1.09 bits per heavy atom. The van der Waals surface area contributed by atoms with Gasteiger partial charge < -0.3 is 9.64 Å². The van der Waals surface area contributed by atoms with Crippen LogP contribution < -0.4 is 4.74 Å². The average molecular weight is 450 g/mol. The van der Waals surface area contributed by atoms with Crippen molar-refractivity contribution in [3.8, 4) is 17.4 Å². The summed E-state index contributed by atoms with van der Waals surface area (Å²) in [5.41, 5.74) is -1.05. The van der Waals surface area contributed by atoms with Crippen LogP contribution in [-0.2, 0) is 6.18 Å². The van der Waals surface area contributed by atoms with Crippen LogP contribution in [0.5, 0.6) is 5.88 Å². The summed E-state index contributed by atoms with van der Waals surface area (Å²) in [7, 11) is 0. The van der Waals surface area contributed by atoms with Gasteiger partial charge in [0.1, 0.15) is 18.1 Å².